The van der Waals surface area contributed by atoms with Crippen molar-refractivity contribution in [2.24, 2.45) is 0 Å². The third kappa shape index (κ3) is 3.89. The van der Waals surface area contributed by atoms with Gasteiger partial charge in [0, 0.05) is 37.4 Å². The quantitative estimate of drug-likeness (QED) is 0.809. The van der Waals surface area contributed by atoms with E-state index in [2.05, 4.69) is 22.3 Å². The Morgan fingerprint density at radius 3 is 2.80 bits per heavy atom. The first-order chi connectivity index (χ1) is 12.3. The van der Waals surface area contributed by atoms with E-state index in [1.54, 1.807) is 0 Å². The van der Waals surface area contributed by atoms with Crippen molar-refractivity contribution in [2.45, 2.75) is 18.6 Å². The number of aliphatic hydroxyl groups excluding tert-OH is 1. The Kier molecular flexibility index (Phi) is 4.76. The Bertz CT molecular complexity index is 701. The van der Waals surface area contributed by atoms with Gasteiger partial charge in [0.15, 0.2) is 0 Å². The molecule has 0 radical (unpaired) electrons. The van der Waals surface area contributed by atoms with Gasteiger partial charge in [-0.3, -0.25) is 4.90 Å². The van der Waals surface area contributed by atoms with E-state index < -0.39 is 6.10 Å². The van der Waals surface area contributed by atoms with E-state index in [-0.39, 0.29) is 6.10 Å². The van der Waals surface area contributed by atoms with Crippen LogP contribution in [0.25, 0.3) is 0 Å². The number of aliphatic hydroxyl groups is 1. The van der Waals surface area contributed by atoms with Crippen molar-refractivity contribution in [3.63, 3.8) is 0 Å². The summed E-state index contributed by atoms with van der Waals surface area (Å²) in [5, 5.41) is 13.5. The number of β-amino-alcohol motifs (C(OH)–C–C–N with tert-alkyl or cyclic N) is 1. The third-order valence-electron chi connectivity index (χ3n) is 4.70. The minimum atomic E-state index is -0.494. The maximum Gasteiger partial charge on any atom is 0.125 e. The van der Waals surface area contributed by atoms with Crippen LogP contribution in [-0.2, 0) is 6.42 Å². The van der Waals surface area contributed by atoms with Gasteiger partial charge in [0.25, 0.3) is 0 Å². The highest BCUT2D eigenvalue weighted by atomic mass is 16.5. The molecule has 1 unspecified atom stereocenters. The third-order valence-corrected chi connectivity index (χ3v) is 4.70. The average molecular weight is 340 g/mol. The summed E-state index contributed by atoms with van der Waals surface area (Å²) in [5.41, 5.74) is 2.49. The number of ether oxygens (including phenoxy) is 2. The fourth-order valence-electron chi connectivity index (χ4n) is 3.41. The summed E-state index contributed by atoms with van der Waals surface area (Å²) in [6, 6.07) is 15.8. The van der Waals surface area contributed by atoms with Gasteiger partial charge < -0.3 is 19.9 Å². The SMILES string of the molecule is OC(COc1ccccc1)CN1CC(Oc2cccc3c2CCN3)C1. The van der Waals surface area contributed by atoms with Crippen LogP contribution in [0.5, 0.6) is 11.5 Å². The zero-order chi connectivity index (χ0) is 17.1. The molecule has 0 aromatic heterocycles. The molecule has 1 atom stereocenters. The molecule has 0 spiro atoms. The fourth-order valence-corrected chi connectivity index (χ4v) is 3.41. The number of hydrogen-bond donors (Lipinski definition) is 2. The van der Waals surface area contributed by atoms with E-state index in [1.165, 1.54) is 11.3 Å². The number of fused-ring (bicyclic) bond motifs is 1. The second-order valence-electron chi connectivity index (χ2n) is 6.70. The number of likely N-dealkylation sites (tertiary alicyclic amines) is 1. The summed E-state index contributed by atoms with van der Waals surface area (Å²) in [6.07, 6.45) is 0.734. The monoisotopic (exact) mass is 340 g/mol. The van der Waals surface area contributed by atoms with Crippen LogP contribution in [0.15, 0.2) is 48.5 Å². The van der Waals surface area contributed by atoms with Crippen LogP contribution in [0.4, 0.5) is 5.69 Å². The largest absolute Gasteiger partial charge is 0.491 e. The molecule has 5 nitrogen and oxygen atoms in total. The Morgan fingerprint density at radius 1 is 1.12 bits per heavy atom. The number of anilines is 1. The van der Waals surface area contributed by atoms with Gasteiger partial charge in [-0.05, 0) is 30.7 Å². The van der Waals surface area contributed by atoms with Gasteiger partial charge in [-0.25, -0.2) is 0 Å². The Hall–Kier alpha value is -2.24. The average Bonchev–Trinajstić information content (AvgIpc) is 3.08. The smallest absolute Gasteiger partial charge is 0.125 e. The first kappa shape index (κ1) is 16.2. The molecular weight excluding hydrogens is 316 g/mol. The van der Waals surface area contributed by atoms with E-state index in [0.717, 1.165) is 37.6 Å². The Balaban J connectivity index is 1.20. The van der Waals surface area contributed by atoms with E-state index in [9.17, 15) is 5.11 Å². The minimum absolute atomic E-state index is 0.203. The molecule has 0 amide bonds. The Morgan fingerprint density at radius 2 is 1.96 bits per heavy atom. The first-order valence-electron chi connectivity index (χ1n) is 8.88. The molecule has 25 heavy (non-hydrogen) atoms. The molecule has 2 aromatic carbocycles. The molecule has 5 heteroatoms. The standard InChI is InChI=1S/C20H24N2O3/c23-15(14-24-16-5-2-1-3-6-16)11-22-12-17(13-22)25-20-8-4-7-19-18(20)9-10-21-19/h1-8,15,17,21,23H,9-14H2. The van der Waals surface area contributed by atoms with E-state index in [1.807, 2.05) is 36.4 Å². The zero-order valence-corrected chi connectivity index (χ0v) is 14.2. The predicted molar refractivity (Wildman–Crippen MR) is 97.4 cm³/mol. The summed E-state index contributed by atoms with van der Waals surface area (Å²) in [7, 11) is 0. The number of para-hydroxylation sites is 1. The second-order valence-corrected chi connectivity index (χ2v) is 6.70. The van der Waals surface area contributed by atoms with Crippen molar-refractivity contribution in [3.8, 4) is 11.5 Å². The van der Waals surface area contributed by atoms with Gasteiger partial charge in [-0.2, -0.15) is 0 Å². The Labute approximate surface area is 148 Å². The number of nitrogens with zero attached hydrogens (tertiary/aromatic N) is 1. The van der Waals surface area contributed by atoms with Crippen molar-refractivity contribution in [2.75, 3.05) is 38.1 Å². The minimum Gasteiger partial charge on any atom is -0.491 e. The topological polar surface area (TPSA) is 54.0 Å². The predicted octanol–water partition coefficient (Wildman–Crippen LogP) is 2.16. The van der Waals surface area contributed by atoms with Crippen molar-refractivity contribution in [3.05, 3.63) is 54.1 Å². The van der Waals surface area contributed by atoms with Crippen LogP contribution in [0, 0.1) is 0 Å². The lowest BCUT2D eigenvalue weighted by molar-refractivity contribution is -0.0177. The normalized spacial score (nSPS) is 18.1. The number of nitrogens with one attached hydrogen (secondary N) is 1. The molecule has 2 aliphatic heterocycles. The van der Waals surface area contributed by atoms with Crippen LogP contribution >= 0.6 is 0 Å². The maximum absolute atomic E-state index is 10.1. The molecule has 0 saturated carbocycles. The number of rotatable bonds is 7. The number of hydrogen-bond acceptors (Lipinski definition) is 5. The molecule has 2 heterocycles. The lowest BCUT2D eigenvalue weighted by Crippen LogP contribution is -2.56. The molecule has 1 saturated heterocycles. The van der Waals surface area contributed by atoms with Gasteiger partial charge in [0.1, 0.15) is 30.3 Å². The lowest BCUT2D eigenvalue weighted by atomic mass is 10.1. The maximum atomic E-state index is 10.1. The molecule has 1 fully saturated rings. The second kappa shape index (κ2) is 7.33. The van der Waals surface area contributed by atoms with Crippen LogP contribution < -0.4 is 14.8 Å². The van der Waals surface area contributed by atoms with E-state index in [0.29, 0.717) is 13.2 Å². The highest BCUT2D eigenvalue weighted by Gasteiger charge is 2.31. The highest BCUT2D eigenvalue weighted by molar-refractivity contribution is 5.61. The summed E-state index contributed by atoms with van der Waals surface area (Å²) < 4.78 is 11.7. The first-order valence-corrected chi connectivity index (χ1v) is 8.88. The zero-order valence-electron chi connectivity index (χ0n) is 14.2. The van der Waals surface area contributed by atoms with E-state index >= 15 is 0 Å². The van der Waals surface area contributed by atoms with Crippen molar-refractivity contribution >= 4 is 5.69 Å². The van der Waals surface area contributed by atoms with Crippen molar-refractivity contribution < 1.29 is 14.6 Å². The van der Waals surface area contributed by atoms with Crippen molar-refractivity contribution in [1.29, 1.82) is 0 Å². The van der Waals surface area contributed by atoms with Crippen LogP contribution in [-0.4, -0.2) is 55.0 Å². The highest BCUT2D eigenvalue weighted by Crippen LogP contribution is 2.32. The van der Waals surface area contributed by atoms with Crippen molar-refractivity contribution in [1.82, 2.24) is 4.90 Å². The van der Waals surface area contributed by atoms with E-state index in [4.69, 9.17) is 9.47 Å². The molecule has 132 valence electrons. The molecule has 2 aliphatic rings. The van der Waals surface area contributed by atoms with Crippen LogP contribution in [0.3, 0.4) is 0 Å². The molecule has 2 aromatic rings. The molecule has 2 N–H and O–H groups in total. The van der Waals surface area contributed by atoms with Gasteiger partial charge in [0.05, 0.1) is 0 Å². The van der Waals surface area contributed by atoms with Gasteiger partial charge >= 0.3 is 0 Å². The van der Waals surface area contributed by atoms with Crippen LogP contribution in [0.2, 0.25) is 0 Å². The fraction of sp³-hybridized carbons (Fsp3) is 0.400. The molecular formula is C20H24N2O3. The van der Waals surface area contributed by atoms with Gasteiger partial charge in [-0.15, -0.1) is 0 Å². The summed E-state index contributed by atoms with van der Waals surface area (Å²) >= 11 is 0. The van der Waals surface area contributed by atoms with Gasteiger partial charge in [0.2, 0.25) is 0 Å². The van der Waals surface area contributed by atoms with Gasteiger partial charge in [-0.1, -0.05) is 24.3 Å². The summed E-state index contributed by atoms with van der Waals surface area (Å²) in [5.74, 6) is 1.79. The van der Waals surface area contributed by atoms with Crippen LogP contribution in [0.1, 0.15) is 5.56 Å². The number of benzene rings is 2. The summed E-state index contributed by atoms with van der Waals surface area (Å²) in [4.78, 5) is 2.20. The summed E-state index contributed by atoms with van der Waals surface area (Å²) in [6.45, 7) is 3.60. The lowest BCUT2D eigenvalue weighted by Gasteiger charge is -2.40. The molecule has 4 rings (SSSR count). The molecule has 0 aliphatic carbocycles. The molecule has 0 bridgehead atoms.